The Balaban J connectivity index is 1.64. The molecule has 0 spiro atoms. The molecule has 2 amide bonds. The zero-order valence-corrected chi connectivity index (χ0v) is 13.8. The Hall–Kier alpha value is -2.62. The predicted octanol–water partition coefficient (Wildman–Crippen LogP) is 3.32. The molecule has 0 aliphatic carbocycles. The Morgan fingerprint density at radius 2 is 1.92 bits per heavy atom. The number of nitrogens with zero attached hydrogens (tertiary/aromatic N) is 2. The number of rotatable bonds is 2. The summed E-state index contributed by atoms with van der Waals surface area (Å²) in [6, 6.07) is 13.7. The highest BCUT2D eigenvalue weighted by molar-refractivity contribution is 6.08. The van der Waals surface area contributed by atoms with Gasteiger partial charge in [0, 0.05) is 36.4 Å². The lowest BCUT2D eigenvalue weighted by molar-refractivity contribution is -0.117. The summed E-state index contributed by atoms with van der Waals surface area (Å²) in [7, 11) is 0. The second kappa shape index (κ2) is 5.78. The van der Waals surface area contributed by atoms with Crippen molar-refractivity contribution in [1.29, 1.82) is 0 Å². The van der Waals surface area contributed by atoms with Crippen LogP contribution >= 0.6 is 0 Å². The fourth-order valence-electron chi connectivity index (χ4n) is 3.58. The Labute approximate surface area is 141 Å². The van der Waals surface area contributed by atoms with E-state index in [4.69, 9.17) is 0 Å². The fraction of sp³-hybridized carbons (Fsp3) is 0.300. The van der Waals surface area contributed by atoms with Gasteiger partial charge < -0.3 is 9.80 Å². The molecule has 1 fully saturated rings. The third-order valence-corrected chi connectivity index (χ3v) is 4.86. The maximum atomic E-state index is 13.0. The van der Waals surface area contributed by atoms with Crippen LogP contribution in [0.15, 0.2) is 42.5 Å². The molecule has 2 aromatic carbocycles. The van der Waals surface area contributed by atoms with Crippen molar-refractivity contribution in [3.05, 3.63) is 59.2 Å². The average Bonchev–Trinajstić information content (AvgIpc) is 3.20. The second-order valence-electron chi connectivity index (χ2n) is 6.54. The van der Waals surface area contributed by atoms with E-state index in [1.807, 2.05) is 36.1 Å². The van der Waals surface area contributed by atoms with Gasteiger partial charge in [-0.15, -0.1) is 0 Å². The third kappa shape index (κ3) is 2.48. The molecule has 4 heteroatoms. The molecule has 2 heterocycles. The number of carbonyl (C=O) groups is 2. The summed E-state index contributed by atoms with van der Waals surface area (Å²) in [5.74, 6) is 0.148. The maximum absolute atomic E-state index is 13.0. The van der Waals surface area contributed by atoms with Crippen LogP contribution in [0.1, 0.15) is 34.3 Å². The summed E-state index contributed by atoms with van der Waals surface area (Å²) >= 11 is 0. The molecular formula is C20H20N2O2. The zero-order chi connectivity index (χ0) is 16.7. The first-order valence-electron chi connectivity index (χ1n) is 8.45. The summed E-state index contributed by atoms with van der Waals surface area (Å²) in [5, 5.41) is 0. The van der Waals surface area contributed by atoms with Crippen LogP contribution in [0.2, 0.25) is 0 Å². The Bertz CT molecular complexity index is 828. The Morgan fingerprint density at radius 3 is 2.71 bits per heavy atom. The van der Waals surface area contributed by atoms with E-state index >= 15 is 0 Å². The van der Waals surface area contributed by atoms with Gasteiger partial charge in [-0.05, 0) is 55.2 Å². The topological polar surface area (TPSA) is 40.6 Å². The molecule has 0 radical (unpaired) electrons. The van der Waals surface area contributed by atoms with Gasteiger partial charge in [0.2, 0.25) is 5.91 Å². The van der Waals surface area contributed by atoms with Gasteiger partial charge in [0.25, 0.3) is 5.91 Å². The number of hydrogen-bond donors (Lipinski definition) is 0. The van der Waals surface area contributed by atoms with E-state index in [0.29, 0.717) is 18.5 Å². The van der Waals surface area contributed by atoms with Gasteiger partial charge in [0.1, 0.15) is 0 Å². The van der Waals surface area contributed by atoms with Crippen molar-refractivity contribution in [2.45, 2.75) is 26.2 Å². The van der Waals surface area contributed by atoms with Crippen molar-refractivity contribution in [1.82, 2.24) is 0 Å². The normalized spacial score (nSPS) is 16.6. The molecule has 0 saturated carbocycles. The van der Waals surface area contributed by atoms with E-state index in [-0.39, 0.29) is 11.8 Å². The van der Waals surface area contributed by atoms with Crippen LogP contribution < -0.4 is 9.80 Å². The number of benzene rings is 2. The Morgan fingerprint density at radius 1 is 1.04 bits per heavy atom. The van der Waals surface area contributed by atoms with Crippen LogP contribution in [0.25, 0.3) is 0 Å². The van der Waals surface area contributed by atoms with Crippen LogP contribution in [-0.4, -0.2) is 24.9 Å². The molecule has 0 unspecified atom stereocenters. The molecule has 122 valence electrons. The minimum atomic E-state index is 0.00726. The first kappa shape index (κ1) is 14.9. The lowest BCUT2D eigenvalue weighted by Gasteiger charge is -2.20. The largest absolute Gasteiger partial charge is 0.312 e. The standard InChI is InChI=1S/C20H20N2O2/c1-14-7-8-15-9-11-22(18(15)12-14)20(24)16-4-2-5-17(13-16)21-10-3-6-19(21)23/h2,4-5,7-8,12-13H,3,6,9-11H2,1H3. The highest BCUT2D eigenvalue weighted by Crippen LogP contribution is 2.31. The fourth-order valence-corrected chi connectivity index (χ4v) is 3.58. The molecule has 2 aliphatic heterocycles. The number of hydrogen-bond acceptors (Lipinski definition) is 2. The predicted molar refractivity (Wildman–Crippen MR) is 94.6 cm³/mol. The molecule has 0 N–H and O–H groups in total. The minimum absolute atomic E-state index is 0.00726. The molecular weight excluding hydrogens is 300 g/mol. The minimum Gasteiger partial charge on any atom is -0.312 e. The van der Waals surface area contributed by atoms with Gasteiger partial charge >= 0.3 is 0 Å². The quantitative estimate of drug-likeness (QED) is 0.851. The van der Waals surface area contributed by atoms with E-state index in [1.54, 1.807) is 4.90 Å². The van der Waals surface area contributed by atoms with Gasteiger partial charge in [-0.25, -0.2) is 0 Å². The summed E-state index contributed by atoms with van der Waals surface area (Å²) < 4.78 is 0. The average molecular weight is 320 g/mol. The molecule has 1 saturated heterocycles. The van der Waals surface area contributed by atoms with Gasteiger partial charge in [-0.3, -0.25) is 9.59 Å². The van der Waals surface area contributed by atoms with Crippen LogP contribution in [-0.2, 0) is 11.2 Å². The van der Waals surface area contributed by atoms with E-state index in [2.05, 4.69) is 18.2 Å². The van der Waals surface area contributed by atoms with E-state index in [0.717, 1.165) is 36.3 Å². The van der Waals surface area contributed by atoms with Gasteiger partial charge in [-0.1, -0.05) is 18.2 Å². The molecule has 4 nitrogen and oxygen atoms in total. The van der Waals surface area contributed by atoms with Crippen molar-refractivity contribution < 1.29 is 9.59 Å². The SMILES string of the molecule is Cc1ccc2c(c1)N(C(=O)c1cccc(N3CCCC3=O)c1)CC2. The molecule has 4 rings (SSSR count). The third-order valence-electron chi connectivity index (χ3n) is 4.86. The lowest BCUT2D eigenvalue weighted by Crippen LogP contribution is -2.29. The van der Waals surface area contributed by atoms with Crippen LogP contribution in [0.4, 0.5) is 11.4 Å². The van der Waals surface area contributed by atoms with E-state index in [9.17, 15) is 9.59 Å². The van der Waals surface area contributed by atoms with Crippen LogP contribution in [0, 0.1) is 6.92 Å². The highest BCUT2D eigenvalue weighted by atomic mass is 16.2. The number of amides is 2. The second-order valence-corrected chi connectivity index (χ2v) is 6.54. The molecule has 2 aromatic rings. The van der Waals surface area contributed by atoms with Crippen LogP contribution in [0.3, 0.4) is 0 Å². The number of aryl methyl sites for hydroxylation is 1. The summed E-state index contributed by atoms with van der Waals surface area (Å²) in [5.41, 5.74) is 4.86. The van der Waals surface area contributed by atoms with Crippen molar-refractivity contribution in [2.75, 3.05) is 22.9 Å². The maximum Gasteiger partial charge on any atom is 0.258 e. The van der Waals surface area contributed by atoms with E-state index < -0.39 is 0 Å². The smallest absolute Gasteiger partial charge is 0.258 e. The van der Waals surface area contributed by atoms with Crippen molar-refractivity contribution in [3.63, 3.8) is 0 Å². The summed E-state index contributed by atoms with van der Waals surface area (Å²) in [4.78, 5) is 28.6. The summed E-state index contributed by atoms with van der Waals surface area (Å²) in [6.45, 7) is 3.49. The number of carbonyl (C=O) groups excluding carboxylic acids is 2. The van der Waals surface area contributed by atoms with Crippen molar-refractivity contribution in [3.8, 4) is 0 Å². The summed E-state index contributed by atoms with van der Waals surface area (Å²) in [6.07, 6.45) is 2.37. The van der Waals surface area contributed by atoms with Gasteiger partial charge in [-0.2, -0.15) is 0 Å². The van der Waals surface area contributed by atoms with Gasteiger partial charge in [0.15, 0.2) is 0 Å². The van der Waals surface area contributed by atoms with Gasteiger partial charge in [0.05, 0.1) is 0 Å². The molecule has 0 aromatic heterocycles. The number of anilines is 2. The molecule has 0 atom stereocenters. The zero-order valence-electron chi connectivity index (χ0n) is 13.8. The monoisotopic (exact) mass is 320 g/mol. The molecule has 0 bridgehead atoms. The highest BCUT2D eigenvalue weighted by Gasteiger charge is 2.27. The molecule has 2 aliphatic rings. The first-order chi connectivity index (χ1) is 11.6. The van der Waals surface area contributed by atoms with E-state index in [1.165, 1.54) is 5.56 Å². The van der Waals surface area contributed by atoms with Crippen molar-refractivity contribution >= 4 is 23.2 Å². The molecule has 24 heavy (non-hydrogen) atoms. The lowest BCUT2D eigenvalue weighted by atomic mass is 10.1. The first-order valence-corrected chi connectivity index (χ1v) is 8.45. The number of fused-ring (bicyclic) bond motifs is 1. The van der Waals surface area contributed by atoms with Crippen LogP contribution in [0.5, 0.6) is 0 Å². The van der Waals surface area contributed by atoms with Crippen molar-refractivity contribution in [2.24, 2.45) is 0 Å². The Kier molecular flexibility index (Phi) is 3.60.